The molecule has 0 bridgehead atoms. The van der Waals surface area contributed by atoms with Gasteiger partial charge in [0.15, 0.2) is 0 Å². The fourth-order valence-corrected chi connectivity index (χ4v) is 3.29. The first kappa shape index (κ1) is 17.5. The fourth-order valence-electron chi connectivity index (χ4n) is 3.29. The highest BCUT2D eigenvalue weighted by Gasteiger charge is 2.20. The third-order valence-corrected chi connectivity index (χ3v) is 5.04. The SMILES string of the molecule is Cc1[nH]c2cc(F)ccc2c1CCNC(=O)c1ccc(NCC2CC2)nc1. The lowest BCUT2D eigenvalue weighted by Crippen LogP contribution is -2.26. The number of carbonyl (C=O) groups is 1. The number of nitrogens with zero attached hydrogens (tertiary/aromatic N) is 1. The number of nitrogens with one attached hydrogen (secondary N) is 3. The molecule has 0 radical (unpaired) electrons. The summed E-state index contributed by atoms with van der Waals surface area (Å²) < 4.78 is 13.4. The van der Waals surface area contributed by atoms with Crippen LogP contribution >= 0.6 is 0 Å². The van der Waals surface area contributed by atoms with Gasteiger partial charge in [-0.25, -0.2) is 9.37 Å². The summed E-state index contributed by atoms with van der Waals surface area (Å²) in [5, 5.41) is 7.22. The minimum absolute atomic E-state index is 0.139. The zero-order valence-electron chi connectivity index (χ0n) is 15.3. The van der Waals surface area contributed by atoms with E-state index in [1.54, 1.807) is 18.3 Å². The minimum Gasteiger partial charge on any atom is -0.370 e. The highest BCUT2D eigenvalue weighted by molar-refractivity contribution is 5.94. The lowest BCUT2D eigenvalue weighted by molar-refractivity contribution is 0.0954. The van der Waals surface area contributed by atoms with Gasteiger partial charge in [0, 0.05) is 35.9 Å². The maximum atomic E-state index is 13.4. The molecule has 0 saturated heterocycles. The van der Waals surface area contributed by atoms with E-state index >= 15 is 0 Å². The van der Waals surface area contributed by atoms with Gasteiger partial charge >= 0.3 is 0 Å². The Kier molecular flexibility index (Phi) is 4.79. The van der Waals surface area contributed by atoms with Gasteiger partial charge in [-0.05, 0) is 68.0 Å². The lowest BCUT2D eigenvalue weighted by Gasteiger charge is -2.07. The Bertz CT molecular complexity index is 960. The van der Waals surface area contributed by atoms with Crippen molar-refractivity contribution in [3.8, 4) is 0 Å². The smallest absolute Gasteiger partial charge is 0.252 e. The Labute approximate surface area is 157 Å². The van der Waals surface area contributed by atoms with Crippen molar-refractivity contribution in [1.29, 1.82) is 0 Å². The average Bonchev–Trinajstić information content (AvgIpc) is 3.44. The van der Waals surface area contributed by atoms with E-state index in [4.69, 9.17) is 0 Å². The molecular formula is C21H23FN4O. The van der Waals surface area contributed by atoms with Gasteiger partial charge in [-0.2, -0.15) is 0 Å². The van der Waals surface area contributed by atoms with Gasteiger partial charge < -0.3 is 15.6 Å². The van der Waals surface area contributed by atoms with Crippen molar-refractivity contribution < 1.29 is 9.18 Å². The molecule has 140 valence electrons. The van der Waals surface area contributed by atoms with Crippen molar-refractivity contribution >= 4 is 22.6 Å². The summed E-state index contributed by atoms with van der Waals surface area (Å²) in [6, 6.07) is 8.37. The van der Waals surface area contributed by atoms with Crippen LogP contribution in [0.1, 0.15) is 34.5 Å². The first-order valence-corrected chi connectivity index (χ1v) is 9.35. The number of hydrogen-bond acceptors (Lipinski definition) is 3. The number of benzene rings is 1. The molecule has 2 aromatic heterocycles. The summed E-state index contributed by atoms with van der Waals surface area (Å²) in [6.45, 7) is 3.42. The Hall–Kier alpha value is -2.89. The predicted octanol–water partition coefficient (Wildman–Crippen LogP) is 3.80. The van der Waals surface area contributed by atoms with E-state index in [1.807, 2.05) is 13.0 Å². The number of aryl methyl sites for hydroxylation is 1. The molecule has 5 nitrogen and oxygen atoms in total. The molecule has 1 fully saturated rings. The van der Waals surface area contributed by atoms with Gasteiger partial charge in [-0.15, -0.1) is 0 Å². The molecule has 3 aromatic rings. The van der Waals surface area contributed by atoms with Crippen LogP contribution in [0.15, 0.2) is 36.5 Å². The van der Waals surface area contributed by atoms with E-state index < -0.39 is 0 Å². The van der Waals surface area contributed by atoms with Gasteiger partial charge in [0.05, 0.1) is 5.56 Å². The van der Waals surface area contributed by atoms with E-state index in [-0.39, 0.29) is 11.7 Å². The first-order valence-electron chi connectivity index (χ1n) is 9.35. The van der Waals surface area contributed by atoms with E-state index in [0.717, 1.165) is 40.4 Å². The number of aromatic nitrogens is 2. The van der Waals surface area contributed by atoms with Gasteiger partial charge in [-0.3, -0.25) is 4.79 Å². The van der Waals surface area contributed by atoms with Crippen LogP contribution in [0.25, 0.3) is 10.9 Å². The molecule has 1 aromatic carbocycles. The maximum absolute atomic E-state index is 13.4. The van der Waals surface area contributed by atoms with Crippen molar-refractivity contribution in [2.45, 2.75) is 26.2 Å². The second-order valence-corrected chi connectivity index (χ2v) is 7.18. The number of pyridine rings is 1. The monoisotopic (exact) mass is 366 g/mol. The fraction of sp³-hybridized carbons (Fsp3) is 0.333. The third-order valence-electron chi connectivity index (χ3n) is 5.04. The van der Waals surface area contributed by atoms with Gasteiger partial charge in [0.25, 0.3) is 5.91 Å². The van der Waals surface area contributed by atoms with Gasteiger partial charge in [0.1, 0.15) is 11.6 Å². The van der Waals surface area contributed by atoms with Crippen LogP contribution in [0, 0.1) is 18.7 Å². The minimum atomic E-state index is -0.258. The van der Waals surface area contributed by atoms with Crippen LogP contribution in [0.4, 0.5) is 10.2 Å². The molecule has 0 aliphatic heterocycles. The van der Waals surface area contributed by atoms with Crippen molar-refractivity contribution in [2.75, 3.05) is 18.4 Å². The molecule has 4 rings (SSSR count). The maximum Gasteiger partial charge on any atom is 0.252 e. The summed E-state index contributed by atoms with van der Waals surface area (Å²) in [6.07, 6.45) is 4.86. The molecule has 0 atom stereocenters. The summed E-state index contributed by atoms with van der Waals surface area (Å²) in [7, 11) is 0. The molecule has 0 unspecified atom stereocenters. The molecule has 0 spiro atoms. The van der Waals surface area contributed by atoms with Crippen LogP contribution in [0.5, 0.6) is 0 Å². The Balaban J connectivity index is 1.33. The normalized spacial score (nSPS) is 13.7. The Morgan fingerprint density at radius 2 is 2.15 bits per heavy atom. The third kappa shape index (κ3) is 4.10. The number of fused-ring (bicyclic) bond motifs is 1. The molecule has 6 heteroatoms. The summed E-state index contributed by atoms with van der Waals surface area (Å²) in [5.74, 6) is 1.19. The number of rotatable bonds is 7. The first-order chi connectivity index (χ1) is 13.1. The Morgan fingerprint density at radius 1 is 1.30 bits per heavy atom. The number of aromatic amines is 1. The Morgan fingerprint density at radius 3 is 2.89 bits per heavy atom. The second-order valence-electron chi connectivity index (χ2n) is 7.18. The zero-order valence-corrected chi connectivity index (χ0v) is 15.3. The molecule has 2 heterocycles. The summed E-state index contributed by atoms with van der Waals surface area (Å²) in [5.41, 5.74) is 3.43. The molecule has 1 saturated carbocycles. The van der Waals surface area contributed by atoms with Gasteiger partial charge in [0.2, 0.25) is 0 Å². The van der Waals surface area contributed by atoms with Crippen molar-refractivity contribution in [1.82, 2.24) is 15.3 Å². The number of amides is 1. The molecule has 3 N–H and O–H groups in total. The van der Waals surface area contributed by atoms with E-state index in [2.05, 4.69) is 20.6 Å². The van der Waals surface area contributed by atoms with Crippen molar-refractivity contribution in [3.63, 3.8) is 0 Å². The van der Waals surface area contributed by atoms with Crippen LogP contribution in [-0.2, 0) is 6.42 Å². The van der Waals surface area contributed by atoms with Crippen molar-refractivity contribution in [3.05, 3.63) is 59.2 Å². The molecule has 27 heavy (non-hydrogen) atoms. The van der Waals surface area contributed by atoms with E-state index in [0.29, 0.717) is 18.5 Å². The number of hydrogen-bond donors (Lipinski definition) is 3. The number of H-pyrrole nitrogens is 1. The van der Waals surface area contributed by atoms with E-state index in [1.165, 1.54) is 25.0 Å². The quantitative estimate of drug-likeness (QED) is 0.596. The highest BCUT2D eigenvalue weighted by Crippen LogP contribution is 2.28. The topological polar surface area (TPSA) is 69.8 Å². The molecule has 1 aliphatic rings. The number of anilines is 1. The molecular weight excluding hydrogens is 343 g/mol. The van der Waals surface area contributed by atoms with E-state index in [9.17, 15) is 9.18 Å². The van der Waals surface area contributed by atoms with Crippen LogP contribution in [0.3, 0.4) is 0 Å². The highest BCUT2D eigenvalue weighted by atomic mass is 19.1. The largest absolute Gasteiger partial charge is 0.370 e. The number of carbonyl (C=O) groups excluding carboxylic acids is 1. The summed E-state index contributed by atoms with van der Waals surface area (Å²) >= 11 is 0. The molecule has 1 aliphatic carbocycles. The van der Waals surface area contributed by atoms with Crippen LogP contribution in [0.2, 0.25) is 0 Å². The number of halogens is 1. The van der Waals surface area contributed by atoms with Crippen LogP contribution in [-0.4, -0.2) is 29.0 Å². The zero-order chi connectivity index (χ0) is 18.8. The second kappa shape index (κ2) is 7.39. The van der Waals surface area contributed by atoms with Crippen LogP contribution < -0.4 is 10.6 Å². The predicted molar refractivity (Wildman–Crippen MR) is 104 cm³/mol. The standard InChI is InChI=1S/C21H23FN4O/c1-13-17(18-6-5-16(22)10-19(18)26-13)8-9-23-21(27)15-4-7-20(25-12-15)24-11-14-2-3-14/h4-7,10,12,14,26H,2-3,8-9,11H2,1H3,(H,23,27)(H,24,25). The van der Waals surface area contributed by atoms with Gasteiger partial charge in [-0.1, -0.05) is 0 Å². The lowest BCUT2D eigenvalue weighted by atomic mass is 10.1. The average molecular weight is 366 g/mol. The van der Waals surface area contributed by atoms with Crippen molar-refractivity contribution in [2.24, 2.45) is 5.92 Å². The summed E-state index contributed by atoms with van der Waals surface area (Å²) in [4.78, 5) is 19.8. The molecule has 1 amide bonds.